The quantitative estimate of drug-likeness (QED) is 0.678. The van der Waals surface area contributed by atoms with Crippen molar-refractivity contribution in [2.24, 2.45) is 0 Å². The monoisotopic (exact) mass is 472 g/mol. The fourth-order valence-electron chi connectivity index (χ4n) is 4.22. The number of morpholine rings is 1. The van der Waals surface area contributed by atoms with Crippen LogP contribution < -0.4 is 15.5 Å². The Balaban J connectivity index is 1.46. The minimum atomic E-state index is -0.558. The van der Waals surface area contributed by atoms with Gasteiger partial charge in [0.15, 0.2) is 0 Å². The second-order valence-electron chi connectivity index (χ2n) is 9.74. The SMILES string of the molecule is CN(C(=O)OC(C)(C)C)C1CCN(c2cc(F)c(-c3cnc(N4CCOCC4)nc3)cc2N)C1. The van der Waals surface area contributed by atoms with Crippen LogP contribution in [0.15, 0.2) is 24.5 Å². The molecule has 0 spiro atoms. The molecule has 2 saturated heterocycles. The van der Waals surface area contributed by atoms with E-state index in [0.29, 0.717) is 54.8 Å². The van der Waals surface area contributed by atoms with Gasteiger partial charge in [-0.15, -0.1) is 0 Å². The molecular weight excluding hydrogens is 439 g/mol. The van der Waals surface area contributed by atoms with Crippen molar-refractivity contribution in [2.45, 2.75) is 38.8 Å². The summed E-state index contributed by atoms with van der Waals surface area (Å²) in [5.41, 5.74) is 7.79. The topological polar surface area (TPSA) is 97.0 Å². The number of aromatic nitrogens is 2. The molecule has 1 unspecified atom stereocenters. The Labute approximate surface area is 199 Å². The molecule has 1 aromatic heterocycles. The highest BCUT2D eigenvalue weighted by molar-refractivity contribution is 5.77. The summed E-state index contributed by atoms with van der Waals surface area (Å²) < 4.78 is 26.0. The van der Waals surface area contributed by atoms with E-state index in [0.717, 1.165) is 19.5 Å². The van der Waals surface area contributed by atoms with E-state index in [9.17, 15) is 4.79 Å². The highest BCUT2D eigenvalue weighted by Gasteiger charge is 2.32. The molecule has 34 heavy (non-hydrogen) atoms. The minimum Gasteiger partial charge on any atom is -0.444 e. The molecule has 0 radical (unpaired) electrons. The Morgan fingerprint density at radius 1 is 1.18 bits per heavy atom. The number of carbonyl (C=O) groups excluding carboxylic acids is 1. The molecule has 2 aliphatic heterocycles. The summed E-state index contributed by atoms with van der Waals surface area (Å²) >= 11 is 0. The first-order valence-electron chi connectivity index (χ1n) is 11.6. The van der Waals surface area contributed by atoms with Crippen LogP contribution in [0.25, 0.3) is 11.1 Å². The molecule has 2 aromatic rings. The number of nitrogen functional groups attached to an aromatic ring is 1. The Morgan fingerprint density at radius 3 is 2.50 bits per heavy atom. The smallest absolute Gasteiger partial charge is 0.410 e. The number of nitrogens with zero attached hydrogens (tertiary/aromatic N) is 5. The molecule has 2 aliphatic rings. The van der Waals surface area contributed by atoms with Gasteiger partial charge in [-0.05, 0) is 39.3 Å². The molecule has 0 aliphatic carbocycles. The van der Waals surface area contributed by atoms with E-state index >= 15 is 4.39 Å². The van der Waals surface area contributed by atoms with Crippen LogP contribution in [0.2, 0.25) is 0 Å². The van der Waals surface area contributed by atoms with E-state index in [1.54, 1.807) is 30.4 Å². The van der Waals surface area contributed by atoms with Gasteiger partial charge < -0.3 is 29.9 Å². The van der Waals surface area contributed by atoms with Crippen LogP contribution in [0.3, 0.4) is 0 Å². The number of anilines is 3. The number of nitrogens with two attached hydrogens (primary N) is 1. The second kappa shape index (κ2) is 9.61. The van der Waals surface area contributed by atoms with E-state index in [-0.39, 0.29) is 12.1 Å². The lowest BCUT2D eigenvalue weighted by molar-refractivity contribution is 0.0238. The van der Waals surface area contributed by atoms with E-state index < -0.39 is 11.4 Å². The number of ether oxygens (including phenoxy) is 2. The van der Waals surface area contributed by atoms with Crippen LogP contribution in [0, 0.1) is 5.82 Å². The first-order chi connectivity index (χ1) is 16.1. The van der Waals surface area contributed by atoms with Gasteiger partial charge in [0.1, 0.15) is 11.4 Å². The van der Waals surface area contributed by atoms with E-state index in [4.69, 9.17) is 15.2 Å². The summed E-state index contributed by atoms with van der Waals surface area (Å²) in [4.78, 5) is 26.9. The summed E-state index contributed by atoms with van der Waals surface area (Å²) in [6.45, 7) is 9.48. The standard InChI is InChI=1S/C24H33FN6O3/c1-24(2,3)34-23(32)29(4)17-5-6-31(15-17)21-12-19(25)18(11-20(21)26)16-13-27-22(28-14-16)30-7-9-33-10-8-30/h11-14,17H,5-10,15,26H2,1-4H3. The minimum absolute atomic E-state index is 0.0434. The first-order valence-corrected chi connectivity index (χ1v) is 11.6. The van der Waals surface area contributed by atoms with Gasteiger partial charge in [0.05, 0.1) is 30.6 Å². The fourth-order valence-corrected chi connectivity index (χ4v) is 4.22. The molecular formula is C24H33FN6O3. The molecule has 0 saturated carbocycles. The van der Waals surface area contributed by atoms with Gasteiger partial charge in [-0.25, -0.2) is 19.2 Å². The molecule has 10 heteroatoms. The van der Waals surface area contributed by atoms with Crippen molar-refractivity contribution in [1.82, 2.24) is 14.9 Å². The van der Waals surface area contributed by atoms with Gasteiger partial charge in [0, 0.05) is 56.7 Å². The Hall–Kier alpha value is -3.14. The fraction of sp³-hybridized carbons (Fsp3) is 0.542. The average molecular weight is 473 g/mol. The third-order valence-electron chi connectivity index (χ3n) is 6.09. The number of rotatable bonds is 4. The maximum Gasteiger partial charge on any atom is 0.410 e. The zero-order chi connectivity index (χ0) is 24.5. The predicted molar refractivity (Wildman–Crippen MR) is 129 cm³/mol. The Bertz CT molecular complexity index is 1020. The van der Waals surface area contributed by atoms with E-state index in [1.807, 2.05) is 30.6 Å². The van der Waals surface area contributed by atoms with Crippen molar-refractivity contribution in [3.05, 3.63) is 30.3 Å². The number of likely N-dealkylation sites (N-methyl/N-ethyl adjacent to an activating group) is 1. The van der Waals surface area contributed by atoms with Crippen LogP contribution in [0.4, 0.5) is 26.5 Å². The van der Waals surface area contributed by atoms with Crippen molar-refractivity contribution in [2.75, 3.05) is 62.0 Å². The number of benzene rings is 1. The maximum absolute atomic E-state index is 15.1. The van der Waals surface area contributed by atoms with Crippen LogP contribution in [-0.4, -0.2) is 79.0 Å². The van der Waals surface area contributed by atoms with Crippen molar-refractivity contribution in [3.8, 4) is 11.1 Å². The van der Waals surface area contributed by atoms with Crippen LogP contribution >= 0.6 is 0 Å². The molecule has 1 aromatic carbocycles. The van der Waals surface area contributed by atoms with Crippen LogP contribution in [-0.2, 0) is 9.47 Å². The highest BCUT2D eigenvalue weighted by atomic mass is 19.1. The van der Waals surface area contributed by atoms with E-state index in [2.05, 4.69) is 9.97 Å². The largest absolute Gasteiger partial charge is 0.444 e. The molecule has 9 nitrogen and oxygen atoms in total. The number of carbonyl (C=O) groups is 1. The van der Waals surface area contributed by atoms with Crippen molar-refractivity contribution in [1.29, 1.82) is 0 Å². The van der Waals surface area contributed by atoms with Gasteiger partial charge in [-0.2, -0.15) is 0 Å². The summed E-state index contributed by atoms with van der Waals surface area (Å²) in [6.07, 6.45) is 3.62. The molecule has 184 valence electrons. The Morgan fingerprint density at radius 2 is 1.85 bits per heavy atom. The molecule has 2 fully saturated rings. The van der Waals surface area contributed by atoms with Gasteiger partial charge >= 0.3 is 6.09 Å². The van der Waals surface area contributed by atoms with Gasteiger partial charge in [0.25, 0.3) is 0 Å². The zero-order valence-corrected chi connectivity index (χ0v) is 20.3. The molecule has 4 rings (SSSR count). The highest BCUT2D eigenvalue weighted by Crippen LogP contribution is 2.34. The van der Waals surface area contributed by atoms with Crippen LogP contribution in [0.1, 0.15) is 27.2 Å². The summed E-state index contributed by atoms with van der Waals surface area (Å²) in [6, 6.07) is 3.04. The van der Waals surface area contributed by atoms with Gasteiger partial charge in [0.2, 0.25) is 5.95 Å². The zero-order valence-electron chi connectivity index (χ0n) is 20.3. The summed E-state index contributed by atoms with van der Waals surface area (Å²) in [5, 5.41) is 0. The third-order valence-corrected chi connectivity index (χ3v) is 6.09. The number of hydrogen-bond donors (Lipinski definition) is 1. The van der Waals surface area contributed by atoms with E-state index in [1.165, 1.54) is 6.07 Å². The normalized spacial score (nSPS) is 18.8. The van der Waals surface area contributed by atoms with Crippen molar-refractivity contribution < 1.29 is 18.7 Å². The average Bonchev–Trinajstić information content (AvgIpc) is 3.29. The second-order valence-corrected chi connectivity index (χ2v) is 9.74. The number of hydrogen-bond acceptors (Lipinski definition) is 8. The molecule has 1 amide bonds. The lowest BCUT2D eigenvalue weighted by Gasteiger charge is -2.29. The molecule has 0 bridgehead atoms. The third kappa shape index (κ3) is 5.32. The lowest BCUT2D eigenvalue weighted by atomic mass is 10.1. The van der Waals surface area contributed by atoms with Crippen molar-refractivity contribution in [3.63, 3.8) is 0 Å². The molecule has 1 atom stereocenters. The van der Waals surface area contributed by atoms with Gasteiger partial charge in [-0.3, -0.25) is 0 Å². The summed E-state index contributed by atoms with van der Waals surface area (Å²) in [5.74, 6) is 0.213. The predicted octanol–water partition coefficient (Wildman–Crippen LogP) is 3.15. The van der Waals surface area contributed by atoms with Gasteiger partial charge in [-0.1, -0.05) is 0 Å². The van der Waals surface area contributed by atoms with Crippen molar-refractivity contribution >= 4 is 23.4 Å². The maximum atomic E-state index is 15.1. The first kappa shape index (κ1) is 24.0. The lowest BCUT2D eigenvalue weighted by Crippen LogP contribution is -2.42. The number of amides is 1. The Kier molecular flexibility index (Phi) is 6.79. The molecule has 3 heterocycles. The number of halogens is 1. The summed E-state index contributed by atoms with van der Waals surface area (Å²) in [7, 11) is 1.73. The van der Waals surface area contributed by atoms with Crippen LogP contribution in [0.5, 0.6) is 0 Å². The molecule has 2 N–H and O–H groups in total.